The van der Waals surface area contributed by atoms with Crippen molar-refractivity contribution in [3.05, 3.63) is 71.8 Å². The highest BCUT2D eigenvalue weighted by Gasteiger charge is 2.34. The first-order chi connectivity index (χ1) is 14.8. The number of carbonyl (C=O) groups excluding carboxylic acids is 2. The van der Waals surface area contributed by atoms with E-state index in [1.165, 1.54) is 10.6 Å². The summed E-state index contributed by atoms with van der Waals surface area (Å²) in [5, 5.41) is 1.42. The van der Waals surface area contributed by atoms with Gasteiger partial charge in [0.1, 0.15) is 12.2 Å². The highest BCUT2D eigenvalue weighted by Crippen LogP contribution is 2.21. The average Bonchev–Trinajstić information content (AvgIpc) is 2.90. The molecule has 31 heavy (non-hydrogen) atoms. The first-order valence-corrected chi connectivity index (χ1v) is 10.8. The summed E-state index contributed by atoms with van der Waals surface area (Å²) in [6.07, 6.45) is 1.33. The molecule has 1 heterocycles. The van der Waals surface area contributed by atoms with Gasteiger partial charge in [0.25, 0.3) is 0 Å². The van der Waals surface area contributed by atoms with Crippen LogP contribution in [0.4, 0.5) is 4.79 Å². The van der Waals surface area contributed by atoms with E-state index in [4.69, 9.17) is 9.57 Å². The van der Waals surface area contributed by atoms with Gasteiger partial charge in [0.05, 0.1) is 12.6 Å². The first kappa shape index (κ1) is 22.8. The quantitative estimate of drug-likeness (QED) is 0.681. The number of nitrogens with zero attached hydrogens (tertiary/aromatic N) is 2. The van der Waals surface area contributed by atoms with Gasteiger partial charge < -0.3 is 9.64 Å². The molecule has 1 aliphatic rings. The summed E-state index contributed by atoms with van der Waals surface area (Å²) in [6, 6.07) is 19.7. The van der Waals surface area contributed by atoms with E-state index < -0.39 is 5.60 Å². The minimum absolute atomic E-state index is 0.119. The summed E-state index contributed by atoms with van der Waals surface area (Å²) in [7, 11) is 0. The van der Waals surface area contributed by atoms with Crippen molar-refractivity contribution in [2.45, 2.75) is 58.3 Å². The van der Waals surface area contributed by atoms with Crippen LogP contribution in [0.15, 0.2) is 60.7 Å². The van der Waals surface area contributed by atoms with E-state index in [1.807, 2.05) is 69.3 Å². The first-order valence-electron chi connectivity index (χ1n) is 10.8. The molecule has 1 aliphatic heterocycles. The van der Waals surface area contributed by atoms with E-state index >= 15 is 0 Å². The molecule has 1 atom stereocenters. The van der Waals surface area contributed by atoms with Gasteiger partial charge in [0, 0.05) is 13.0 Å². The fourth-order valence-corrected chi connectivity index (χ4v) is 3.55. The zero-order valence-electron chi connectivity index (χ0n) is 18.6. The van der Waals surface area contributed by atoms with E-state index in [0.29, 0.717) is 26.1 Å². The van der Waals surface area contributed by atoms with Crippen LogP contribution >= 0.6 is 0 Å². The maximum absolute atomic E-state index is 12.9. The zero-order valence-corrected chi connectivity index (χ0v) is 18.6. The van der Waals surface area contributed by atoms with Crippen LogP contribution in [0.5, 0.6) is 0 Å². The molecule has 2 aromatic rings. The van der Waals surface area contributed by atoms with Gasteiger partial charge >= 0.3 is 6.09 Å². The summed E-state index contributed by atoms with van der Waals surface area (Å²) < 4.78 is 5.63. The fourth-order valence-electron chi connectivity index (χ4n) is 3.55. The molecule has 0 unspecified atom stereocenters. The minimum atomic E-state index is -0.596. The van der Waals surface area contributed by atoms with Crippen LogP contribution in [-0.2, 0) is 27.4 Å². The Hall–Kier alpha value is -2.86. The predicted molar refractivity (Wildman–Crippen MR) is 119 cm³/mol. The zero-order chi connectivity index (χ0) is 22.3. The van der Waals surface area contributed by atoms with Crippen molar-refractivity contribution in [1.82, 2.24) is 9.96 Å². The lowest BCUT2D eigenvalue weighted by atomic mass is 10.0. The van der Waals surface area contributed by atoms with Gasteiger partial charge in [-0.15, -0.1) is 0 Å². The van der Waals surface area contributed by atoms with Crippen molar-refractivity contribution >= 4 is 12.0 Å². The third-order valence-corrected chi connectivity index (χ3v) is 5.13. The van der Waals surface area contributed by atoms with Gasteiger partial charge in [0.2, 0.25) is 5.91 Å². The molecular weight excluding hydrogens is 392 g/mol. The lowest BCUT2D eigenvalue weighted by Crippen LogP contribution is -2.47. The number of hydroxylamine groups is 2. The van der Waals surface area contributed by atoms with Crippen LogP contribution in [-0.4, -0.2) is 46.7 Å². The molecule has 0 radical (unpaired) electrons. The summed E-state index contributed by atoms with van der Waals surface area (Å²) in [5.74, 6) is -0.119. The molecule has 0 saturated carbocycles. The van der Waals surface area contributed by atoms with Gasteiger partial charge in [-0.3, -0.25) is 9.63 Å². The van der Waals surface area contributed by atoms with E-state index in [2.05, 4.69) is 12.1 Å². The lowest BCUT2D eigenvalue weighted by molar-refractivity contribution is -0.192. The third kappa shape index (κ3) is 7.10. The molecule has 166 valence electrons. The number of benzene rings is 2. The second-order valence-corrected chi connectivity index (χ2v) is 8.82. The number of amides is 2. The molecule has 3 rings (SSSR count). The Balaban J connectivity index is 1.73. The van der Waals surface area contributed by atoms with Crippen LogP contribution in [0.3, 0.4) is 0 Å². The second kappa shape index (κ2) is 10.4. The number of carbonyl (C=O) groups is 2. The summed E-state index contributed by atoms with van der Waals surface area (Å²) in [4.78, 5) is 33.2. The van der Waals surface area contributed by atoms with E-state index in [0.717, 1.165) is 12.0 Å². The molecule has 6 heteroatoms. The Bertz CT molecular complexity index is 849. The highest BCUT2D eigenvalue weighted by atomic mass is 16.7. The summed E-state index contributed by atoms with van der Waals surface area (Å²) >= 11 is 0. The molecule has 0 N–H and O–H groups in total. The number of ether oxygens (including phenoxy) is 1. The summed E-state index contributed by atoms with van der Waals surface area (Å²) in [5.41, 5.74) is 1.59. The Morgan fingerprint density at radius 2 is 1.61 bits per heavy atom. The van der Waals surface area contributed by atoms with Gasteiger partial charge in [0.15, 0.2) is 0 Å². The molecule has 2 amide bonds. The maximum Gasteiger partial charge on any atom is 0.410 e. The standard InChI is InChI=1S/C25H32N2O4/c1-25(2,3)31-24(29)26-17-16-23(28)27(30-19-21-12-8-5-9-13-21)18-22(26)15-14-20-10-6-4-7-11-20/h4-13,22H,14-19H2,1-3H3/t22-/m1/s1. The van der Waals surface area contributed by atoms with Crippen molar-refractivity contribution < 1.29 is 19.2 Å². The second-order valence-electron chi connectivity index (χ2n) is 8.82. The predicted octanol–water partition coefficient (Wildman–Crippen LogP) is 4.59. The third-order valence-electron chi connectivity index (χ3n) is 5.13. The average molecular weight is 425 g/mol. The number of hydrogen-bond donors (Lipinski definition) is 0. The van der Waals surface area contributed by atoms with Gasteiger partial charge in [-0.2, -0.15) is 0 Å². The highest BCUT2D eigenvalue weighted by molar-refractivity contribution is 5.77. The van der Waals surface area contributed by atoms with Crippen molar-refractivity contribution in [3.8, 4) is 0 Å². The van der Waals surface area contributed by atoms with Crippen molar-refractivity contribution in [2.75, 3.05) is 13.1 Å². The van der Waals surface area contributed by atoms with Crippen molar-refractivity contribution in [2.24, 2.45) is 0 Å². The van der Waals surface area contributed by atoms with Gasteiger partial charge in [-0.05, 0) is 44.7 Å². The van der Waals surface area contributed by atoms with Crippen LogP contribution in [0.25, 0.3) is 0 Å². The van der Waals surface area contributed by atoms with Crippen LogP contribution in [0, 0.1) is 0 Å². The molecule has 0 bridgehead atoms. The largest absolute Gasteiger partial charge is 0.444 e. The smallest absolute Gasteiger partial charge is 0.410 e. The molecule has 6 nitrogen and oxygen atoms in total. The Kier molecular flexibility index (Phi) is 7.69. The van der Waals surface area contributed by atoms with Crippen LogP contribution in [0.2, 0.25) is 0 Å². The molecule has 1 saturated heterocycles. The Morgan fingerprint density at radius 1 is 1.00 bits per heavy atom. The van der Waals surface area contributed by atoms with Crippen molar-refractivity contribution in [3.63, 3.8) is 0 Å². The number of rotatable bonds is 6. The van der Waals surface area contributed by atoms with E-state index in [-0.39, 0.29) is 24.5 Å². The molecule has 0 aromatic heterocycles. The SMILES string of the molecule is CC(C)(C)OC(=O)N1CCC(=O)N(OCc2ccccc2)C[C@H]1CCc1ccccc1. The Labute approximate surface area is 184 Å². The van der Waals surface area contributed by atoms with Crippen molar-refractivity contribution in [1.29, 1.82) is 0 Å². The topological polar surface area (TPSA) is 59.1 Å². The minimum Gasteiger partial charge on any atom is -0.444 e. The normalized spacial score (nSPS) is 17.4. The van der Waals surface area contributed by atoms with Crippen LogP contribution < -0.4 is 0 Å². The molecule has 1 fully saturated rings. The number of hydrogen-bond acceptors (Lipinski definition) is 4. The lowest BCUT2D eigenvalue weighted by Gasteiger charge is -2.33. The number of aryl methyl sites for hydroxylation is 1. The molecule has 0 spiro atoms. The molecular formula is C25H32N2O4. The summed E-state index contributed by atoms with van der Waals surface area (Å²) in [6.45, 7) is 6.49. The van der Waals surface area contributed by atoms with Gasteiger partial charge in [-0.25, -0.2) is 9.86 Å². The van der Waals surface area contributed by atoms with Crippen LogP contribution in [0.1, 0.15) is 44.7 Å². The van der Waals surface area contributed by atoms with Gasteiger partial charge in [-0.1, -0.05) is 60.7 Å². The molecule has 2 aromatic carbocycles. The maximum atomic E-state index is 12.9. The Morgan fingerprint density at radius 3 is 2.23 bits per heavy atom. The van der Waals surface area contributed by atoms with E-state index in [9.17, 15) is 9.59 Å². The monoisotopic (exact) mass is 424 g/mol. The van der Waals surface area contributed by atoms with E-state index in [1.54, 1.807) is 4.90 Å². The fraction of sp³-hybridized carbons (Fsp3) is 0.440. The molecule has 0 aliphatic carbocycles.